The van der Waals surface area contributed by atoms with Crippen molar-refractivity contribution in [2.24, 2.45) is 0 Å². The molecule has 1 aliphatic heterocycles. The molecule has 1 heterocycles. The van der Waals surface area contributed by atoms with Crippen LogP contribution in [-0.2, 0) is 0 Å². The first-order chi connectivity index (χ1) is 10.7. The highest BCUT2D eigenvalue weighted by Gasteiger charge is 2.31. The van der Waals surface area contributed by atoms with Crippen LogP contribution < -0.4 is 4.74 Å². The molecule has 0 radical (unpaired) electrons. The van der Waals surface area contributed by atoms with Crippen molar-refractivity contribution in [3.05, 3.63) is 64.7 Å². The molecule has 3 nitrogen and oxygen atoms in total. The van der Waals surface area contributed by atoms with Gasteiger partial charge in [-0.2, -0.15) is 0 Å². The highest BCUT2D eigenvalue weighted by Crippen LogP contribution is 2.39. The largest absolute Gasteiger partial charge is 0.497 e. The zero-order valence-corrected chi connectivity index (χ0v) is 13.7. The van der Waals surface area contributed by atoms with Gasteiger partial charge in [0.1, 0.15) is 11.1 Å². The van der Waals surface area contributed by atoms with E-state index in [2.05, 4.69) is 0 Å². The summed E-state index contributed by atoms with van der Waals surface area (Å²) in [5, 5.41) is 0.718. The maximum atomic E-state index is 12.8. The molecule has 1 saturated heterocycles. The number of benzene rings is 2. The predicted octanol–water partition coefficient (Wildman–Crippen LogP) is 4.24. The molecule has 1 fully saturated rings. The van der Waals surface area contributed by atoms with E-state index in [0.29, 0.717) is 10.6 Å². The Hall–Kier alpha value is -1.65. The van der Waals surface area contributed by atoms with Crippen LogP contribution in [0.25, 0.3) is 0 Å². The summed E-state index contributed by atoms with van der Waals surface area (Å²) in [5.41, 5.74) is 1.74. The Morgan fingerprint density at radius 1 is 1.27 bits per heavy atom. The van der Waals surface area contributed by atoms with E-state index in [1.54, 1.807) is 31.0 Å². The van der Waals surface area contributed by atoms with Gasteiger partial charge in [0.05, 0.1) is 7.11 Å². The van der Waals surface area contributed by atoms with E-state index >= 15 is 0 Å². The number of rotatable bonds is 3. The number of carbonyl (C=O) groups excluding carboxylic acids is 1. The maximum Gasteiger partial charge on any atom is 0.255 e. The van der Waals surface area contributed by atoms with E-state index in [-0.39, 0.29) is 11.3 Å². The van der Waals surface area contributed by atoms with E-state index in [1.165, 1.54) is 0 Å². The van der Waals surface area contributed by atoms with Crippen molar-refractivity contribution >= 4 is 29.3 Å². The Bertz CT molecular complexity index is 675. The number of nitrogens with zero attached hydrogens (tertiary/aromatic N) is 1. The summed E-state index contributed by atoms with van der Waals surface area (Å²) in [6, 6.07) is 14.9. The average Bonchev–Trinajstić information content (AvgIpc) is 3.04. The molecule has 2 aromatic rings. The molecule has 0 saturated carbocycles. The van der Waals surface area contributed by atoms with Crippen LogP contribution in [0, 0.1) is 0 Å². The predicted molar refractivity (Wildman–Crippen MR) is 90.7 cm³/mol. The topological polar surface area (TPSA) is 29.5 Å². The molecule has 5 heteroatoms. The van der Waals surface area contributed by atoms with Crippen LogP contribution in [0.3, 0.4) is 0 Å². The first-order valence-electron chi connectivity index (χ1n) is 7.01. The van der Waals surface area contributed by atoms with Crippen LogP contribution >= 0.6 is 23.4 Å². The number of amides is 1. The van der Waals surface area contributed by atoms with Crippen molar-refractivity contribution in [1.29, 1.82) is 0 Å². The SMILES string of the molecule is COc1ccc(C(=O)N2CCS[C@H]2c2cccc(Cl)c2)cc1. The van der Waals surface area contributed by atoms with E-state index in [1.807, 2.05) is 41.3 Å². The van der Waals surface area contributed by atoms with Crippen LogP contribution in [0.15, 0.2) is 48.5 Å². The van der Waals surface area contributed by atoms with E-state index in [0.717, 1.165) is 23.6 Å². The van der Waals surface area contributed by atoms with Crippen LogP contribution in [0.4, 0.5) is 0 Å². The normalized spacial score (nSPS) is 17.5. The minimum absolute atomic E-state index is 0.0216. The van der Waals surface area contributed by atoms with Crippen molar-refractivity contribution in [2.45, 2.75) is 5.37 Å². The summed E-state index contributed by atoms with van der Waals surface area (Å²) in [5.74, 6) is 1.72. The van der Waals surface area contributed by atoms with Crippen molar-refractivity contribution in [3.63, 3.8) is 0 Å². The molecule has 0 aliphatic carbocycles. The molecule has 0 aromatic heterocycles. The molecule has 114 valence electrons. The van der Waals surface area contributed by atoms with Gasteiger partial charge in [0.2, 0.25) is 0 Å². The summed E-state index contributed by atoms with van der Waals surface area (Å²) >= 11 is 7.84. The summed E-state index contributed by atoms with van der Waals surface area (Å²) in [6.07, 6.45) is 0. The Morgan fingerprint density at radius 3 is 2.73 bits per heavy atom. The fourth-order valence-corrected chi connectivity index (χ4v) is 3.96. The molecule has 1 atom stereocenters. The third-order valence-corrected chi connectivity index (χ3v) is 5.12. The molecular weight excluding hydrogens is 318 g/mol. The van der Waals surface area contributed by atoms with Gasteiger partial charge in [-0.15, -0.1) is 11.8 Å². The molecule has 2 aromatic carbocycles. The second-order valence-corrected chi connectivity index (χ2v) is 6.63. The van der Waals surface area contributed by atoms with Gasteiger partial charge in [-0.3, -0.25) is 4.79 Å². The number of hydrogen-bond acceptors (Lipinski definition) is 3. The molecule has 1 aliphatic rings. The van der Waals surface area contributed by atoms with Crippen LogP contribution in [0.2, 0.25) is 5.02 Å². The van der Waals surface area contributed by atoms with E-state index in [4.69, 9.17) is 16.3 Å². The van der Waals surface area contributed by atoms with Crippen LogP contribution in [-0.4, -0.2) is 30.2 Å². The number of halogens is 1. The molecule has 0 spiro atoms. The van der Waals surface area contributed by atoms with Gasteiger partial charge in [0.25, 0.3) is 5.91 Å². The zero-order chi connectivity index (χ0) is 15.5. The second kappa shape index (κ2) is 6.63. The molecular formula is C17H16ClNO2S. The maximum absolute atomic E-state index is 12.8. The van der Waals surface area contributed by atoms with Crippen molar-refractivity contribution in [2.75, 3.05) is 19.4 Å². The minimum atomic E-state index is 0.0216. The van der Waals surface area contributed by atoms with Gasteiger partial charge in [0.15, 0.2) is 0 Å². The summed E-state index contributed by atoms with van der Waals surface area (Å²) < 4.78 is 5.13. The lowest BCUT2D eigenvalue weighted by Crippen LogP contribution is -2.30. The fourth-order valence-electron chi connectivity index (χ4n) is 2.51. The highest BCUT2D eigenvalue weighted by atomic mass is 35.5. The summed E-state index contributed by atoms with van der Waals surface area (Å²) in [7, 11) is 1.61. The molecule has 0 unspecified atom stereocenters. The van der Waals surface area contributed by atoms with Crippen LogP contribution in [0.5, 0.6) is 5.75 Å². The van der Waals surface area contributed by atoms with Gasteiger partial charge in [-0.1, -0.05) is 23.7 Å². The lowest BCUT2D eigenvalue weighted by Gasteiger charge is -2.24. The Balaban J connectivity index is 1.84. The first kappa shape index (κ1) is 15.3. The molecule has 0 bridgehead atoms. The fraction of sp³-hybridized carbons (Fsp3) is 0.235. The summed E-state index contributed by atoms with van der Waals surface area (Å²) in [4.78, 5) is 14.7. The van der Waals surface area contributed by atoms with Gasteiger partial charge >= 0.3 is 0 Å². The Morgan fingerprint density at radius 2 is 2.05 bits per heavy atom. The van der Waals surface area contributed by atoms with Gasteiger partial charge in [-0.25, -0.2) is 0 Å². The van der Waals surface area contributed by atoms with Crippen molar-refractivity contribution < 1.29 is 9.53 Å². The lowest BCUT2D eigenvalue weighted by molar-refractivity contribution is 0.0760. The smallest absolute Gasteiger partial charge is 0.255 e. The standard InChI is InChI=1S/C17H16ClNO2S/c1-21-15-7-5-12(6-8-15)16(20)19-9-10-22-17(19)13-3-2-4-14(18)11-13/h2-8,11,17H,9-10H2,1H3/t17-/m0/s1. The third kappa shape index (κ3) is 3.08. The van der Waals surface area contributed by atoms with Crippen molar-refractivity contribution in [3.8, 4) is 5.75 Å². The monoisotopic (exact) mass is 333 g/mol. The Kier molecular flexibility index (Phi) is 4.60. The van der Waals surface area contributed by atoms with Crippen LogP contribution in [0.1, 0.15) is 21.3 Å². The second-order valence-electron chi connectivity index (χ2n) is 5.01. The van der Waals surface area contributed by atoms with E-state index in [9.17, 15) is 4.79 Å². The molecule has 22 heavy (non-hydrogen) atoms. The Labute approximate surface area is 139 Å². The average molecular weight is 334 g/mol. The number of carbonyl (C=O) groups is 1. The van der Waals surface area contributed by atoms with Gasteiger partial charge in [0, 0.05) is 22.9 Å². The van der Waals surface area contributed by atoms with Gasteiger partial charge < -0.3 is 9.64 Å². The number of thioether (sulfide) groups is 1. The lowest BCUT2D eigenvalue weighted by atomic mass is 10.1. The highest BCUT2D eigenvalue weighted by molar-refractivity contribution is 7.99. The third-order valence-electron chi connectivity index (χ3n) is 3.62. The molecule has 1 amide bonds. The molecule has 3 rings (SSSR count). The number of ether oxygens (including phenoxy) is 1. The zero-order valence-electron chi connectivity index (χ0n) is 12.2. The number of hydrogen-bond donors (Lipinski definition) is 0. The van der Waals surface area contributed by atoms with E-state index < -0.39 is 0 Å². The summed E-state index contributed by atoms with van der Waals surface area (Å²) in [6.45, 7) is 0.743. The number of methoxy groups -OCH3 is 1. The first-order valence-corrected chi connectivity index (χ1v) is 8.44. The molecule has 0 N–H and O–H groups in total. The van der Waals surface area contributed by atoms with Gasteiger partial charge in [-0.05, 0) is 42.0 Å². The quantitative estimate of drug-likeness (QED) is 0.841. The van der Waals surface area contributed by atoms with Crippen molar-refractivity contribution in [1.82, 2.24) is 4.90 Å². The minimum Gasteiger partial charge on any atom is -0.497 e.